The van der Waals surface area contributed by atoms with Crippen LogP contribution in [0.5, 0.6) is 0 Å². The number of ketones is 1. The average Bonchev–Trinajstić information content (AvgIpc) is 2.49. The SMILES string of the molecule is C=C(C#CC(C)(C)CC)SC(C(=O)COC)C(CC)=NCC. The Morgan fingerprint density at radius 1 is 1.36 bits per heavy atom. The largest absolute Gasteiger partial charge is 0.377 e. The fourth-order valence-electron chi connectivity index (χ4n) is 1.62. The van der Waals surface area contributed by atoms with Gasteiger partial charge in [0.05, 0.1) is 4.91 Å². The van der Waals surface area contributed by atoms with Crippen LogP contribution in [-0.2, 0) is 9.53 Å². The lowest BCUT2D eigenvalue weighted by Crippen LogP contribution is -2.30. The van der Waals surface area contributed by atoms with Crippen LogP contribution in [0.2, 0.25) is 0 Å². The molecule has 0 heterocycles. The third kappa shape index (κ3) is 7.82. The molecule has 1 atom stereocenters. The van der Waals surface area contributed by atoms with E-state index in [1.165, 1.54) is 18.9 Å². The van der Waals surface area contributed by atoms with Crippen LogP contribution < -0.4 is 0 Å². The minimum atomic E-state index is -0.351. The van der Waals surface area contributed by atoms with Crippen LogP contribution in [0.15, 0.2) is 16.5 Å². The van der Waals surface area contributed by atoms with E-state index >= 15 is 0 Å². The van der Waals surface area contributed by atoms with Crippen LogP contribution in [0, 0.1) is 17.3 Å². The van der Waals surface area contributed by atoms with Gasteiger partial charge < -0.3 is 4.74 Å². The summed E-state index contributed by atoms with van der Waals surface area (Å²) in [4.78, 5) is 17.5. The van der Waals surface area contributed by atoms with Gasteiger partial charge >= 0.3 is 0 Å². The maximum Gasteiger partial charge on any atom is 0.177 e. The predicted octanol–water partition coefficient (Wildman–Crippen LogP) is 4.13. The Bertz CT molecular complexity index is 469. The van der Waals surface area contributed by atoms with Gasteiger partial charge in [0.1, 0.15) is 11.9 Å². The quantitative estimate of drug-likeness (QED) is 0.473. The number of nitrogens with zero attached hydrogens (tertiary/aromatic N) is 1. The lowest BCUT2D eigenvalue weighted by Gasteiger charge is -2.17. The maximum atomic E-state index is 12.3. The number of methoxy groups -OCH3 is 1. The van der Waals surface area contributed by atoms with Crippen molar-refractivity contribution in [1.29, 1.82) is 0 Å². The number of carbonyl (C=O) groups excluding carboxylic acids is 1. The molecule has 3 nitrogen and oxygen atoms in total. The Hall–Kier alpha value is -1.05. The highest BCUT2D eigenvalue weighted by Crippen LogP contribution is 2.25. The molecule has 4 heteroatoms. The van der Waals surface area contributed by atoms with Crippen molar-refractivity contribution in [1.82, 2.24) is 0 Å². The van der Waals surface area contributed by atoms with Gasteiger partial charge in [0.15, 0.2) is 5.78 Å². The Morgan fingerprint density at radius 2 is 2.00 bits per heavy atom. The summed E-state index contributed by atoms with van der Waals surface area (Å²) >= 11 is 1.39. The first-order chi connectivity index (χ1) is 10.3. The molecule has 0 aliphatic carbocycles. The van der Waals surface area contributed by atoms with Gasteiger partial charge in [-0.1, -0.05) is 32.3 Å². The van der Waals surface area contributed by atoms with Crippen molar-refractivity contribution in [3.63, 3.8) is 0 Å². The van der Waals surface area contributed by atoms with E-state index in [0.717, 1.165) is 18.6 Å². The number of hydrogen-bond donors (Lipinski definition) is 0. The number of ether oxygens (including phenoxy) is 1. The van der Waals surface area contributed by atoms with Crippen LogP contribution in [0.4, 0.5) is 0 Å². The summed E-state index contributed by atoms with van der Waals surface area (Å²) in [5.74, 6) is 6.33. The number of carbonyl (C=O) groups is 1. The smallest absolute Gasteiger partial charge is 0.177 e. The Labute approximate surface area is 140 Å². The second-order valence-electron chi connectivity index (χ2n) is 5.63. The standard InChI is InChI=1S/C18H29NO2S/c1-8-15(19-10-3)17(16(20)13-21-7)22-14(4)11-12-18(5,6)9-2/h17H,4,8-10,13H2,1-3,5-7H3. The summed E-state index contributed by atoms with van der Waals surface area (Å²) in [6, 6.07) is 0. The minimum Gasteiger partial charge on any atom is -0.377 e. The number of allylic oxidation sites excluding steroid dienone is 1. The molecular weight excluding hydrogens is 294 g/mol. The highest BCUT2D eigenvalue weighted by Gasteiger charge is 2.24. The van der Waals surface area contributed by atoms with Crippen molar-refractivity contribution >= 4 is 23.3 Å². The second-order valence-corrected chi connectivity index (χ2v) is 6.83. The summed E-state index contributed by atoms with van der Waals surface area (Å²) in [7, 11) is 1.53. The van der Waals surface area contributed by atoms with Crippen LogP contribution in [0.3, 0.4) is 0 Å². The third-order valence-electron chi connectivity index (χ3n) is 3.29. The highest BCUT2D eigenvalue weighted by molar-refractivity contribution is 8.05. The van der Waals surface area contributed by atoms with E-state index < -0.39 is 0 Å². The molecule has 0 aromatic carbocycles. The number of aliphatic imine (C=N–C) groups is 1. The zero-order chi connectivity index (χ0) is 17.2. The summed E-state index contributed by atoms with van der Waals surface area (Å²) in [6.45, 7) is 15.0. The van der Waals surface area contributed by atoms with E-state index in [0.29, 0.717) is 11.4 Å². The van der Waals surface area contributed by atoms with Gasteiger partial charge in [-0.15, -0.1) is 11.8 Å². The van der Waals surface area contributed by atoms with E-state index in [1.807, 2.05) is 13.8 Å². The average molecular weight is 324 g/mol. The molecule has 0 radical (unpaired) electrons. The van der Waals surface area contributed by atoms with E-state index in [9.17, 15) is 4.79 Å². The number of Topliss-reactive ketones (excluding diaryl/α,β-unsaturated/α-hetero) is 1. The van der Waals surface area contributed by atoms with Crippen LogP contribution in [0.25, 0.3) is 0 Å². The molecule has 1 unspecified atom stereocenters. The van der Waals surface area contributed by atoms with Crippen molar-refractivity contribution in [2.45, 2.75) is 52.7 Å². The summed E-state index contributed by atoms with van der Waals surface area (Å²) in [5.41, 5.74) is 0.841. The molecule has 0 saturated carbocycles. The van der Waals surface area contributed by atoms with Gasteiger partial charge in [-0.25, -0.2) is 0 Å². The monoisotopic (exact) mass is 323 g/mol. The molecule has 0 fully saturated rings. The van der Waals surface area contributed by atoms with E-state index in [-0.39, 0.29) is 23.1 Å². The molecule has 0 bridgehead atoms. The third-order valence-corrected chi connectivity index (χ3v) is 4.45. The Balaban J connectivity index is 5.18. The van der Waals surface area contributed by atoms with E-state index in [1.54, 1.807) is 0 Å². The lowest BCUT2D eigenvalue weighted by atomic mass is 9.91. The summed E-state index contributed by atoms with van der Waals surface area (Å²) in [5, 5.41) is -0.351. The Kier molecular flexibility index (Phi) is 10.1. The zero-order valence-corrected chi connectivity index (χ0v) is 15.6. The molecule has 0 N–H and O–H groups in total. The molecule has 0 saturated heterocycles. The van der Waals surface area contributed by atoms with Crippen molar-refractivity contribution in [3.8, 4) is 11.8 Å². The first-order valence-corrected chi connectivity index (χ1v) is 8.62. The number of rotatable bonds is 9. The molecule has 124 valence electrons. The van der Waals surface area contributed by atoms with Crippen molar-refractivity contribution < 1.29 is 9.53 Å². The first kappa shape index (κ1) is 20.9. The first-order valence-electron chi connectivity index (χ1n) is 7.74. The molecule has 22 heavy (non-hydrogen) atoms. The maximum absolute atomic E-state index is 12.3. The molecular formula is C18H29NO2S. The van der Waals surface area contributed by atoms with Gasteiger partial charge in [0.25, 0.3) is 0 Å². The van der Waals surface area contributed by atoms with Crippen LogP contribution >= 0.6 is 11.8 Å². The molecule has 0 aromatic rings. The summed E-state index contributed by atoms with van der Waals surface area (Å²) in [6.07, 6.45) is 1.71. The molecule has 0 amide bonds. The van der Waals surface area contributed by atoms with Gasteiger partial charge in [-0.05, 0) is 33.6 Å². The second kappa shape index (κ2) is 10.6. The molecule has 0 aromatic heterocycles. The predicted molar refractivity (Wildman–Crippen MR) is 97.5 cm³/mol. The van der Waals surface area contributed by atoms with E-state index in [4.69, 9.17) is 4.74 Å². The van der Waals surface area contributed by atoms with E-state index in [2.05, 4.69) is 44.2 Å². The Morgan fingerprint density at radius 3 is 2.45 bits per heavy atom. The molecule has 0 aliphatic rings. The zero-order valence-electron chi connectivity index (χ0n) is 14.8. The minimum absolute atomic E-state index is 0.0132. The lowest BCUT2D eigenvalue weighted by molar-refractivity contribution is -0.121. The summed E-state index contributed by atoms with van der Waals surface area (Å²) < 4.78 is 4.99. The molecule has 0 spiro atoms. The van der Waals surface area contributed by atoms with Crippen LogP contribution in [-0.4, -0.2) is 37.0 Å². The van der Waals surface area contributed by atoms with Gasteiger partial charge in [-0.2, -0.15) is 0 Å². The van der Waals surface area contributed by atoms with Gasteiger partial charge in [0.2, 0.25) is 0 Å². The van der Waals surface area contributed by atoms with Crippen molar-refractivity contribution in [3.05, 3.63) is 11.5 Å². The normalized spacial score (nSPS) is 13.3. The number of thioether (sulfide) groups is 1. The molecule has 0 aliphatic heterocycles. The topological polar surface area (TPSA) is 38.7 Å². The fraction of sp³-hybridized carbons (Fsp3) is 0.667. The van der Waals surface area contributed by atoms with Crippen molar-refractivity contribution in [2.75, 3.05) is 20.3 Å². The van der Waals surface area contributed by atoms with Gasteiger partial charge in [0, 0.05) is 24.8 Å². The molecule has 0 rings (SSSR count). The highest BCUT2D eigenvalue weighted by atomic mass is 32.2. The number of hydrogen-bond acceptors (Lipinski definition) is 4. The fourth-order valence-corrected chi connectivity index (χ4v) is 2.59. The van der Waals surface area contributed by atoms with Gasteiger partial charge in [-0.3, -0.25) is 9.79 Å². The van der Waals surface area contributed by atoms with Crippen LogP contribution in [0.1, 0.15) is 47.5 Å². The van der Waals surface area contributed by atoms with Crippen molar-refractivity contribution in [2.24, 2.45) is 10.4 Å².